The minimum absolute atomic E-state index is 0.00251. The molecular formula is C29H36F4N4O3. The van der Waals surface area contributed by atoms with Gasteiger partial charge in [0.25, 0.3) is 5.91 Å². The maximum atomic E-state index is 15.6. The first-order valence-electron chi connectivity index (χ1n) is 14.6. The number of benzene rings is 1. The second-order valence-corrected chi connectivity index (χ2v) is 12.4. The van der Waals surface area contributed by atoms with E-state index in [0.29, 0.717) is 42.1 Å². The van der Waals surface area contributed by atoms with Crippen LogP contribution in [0.25, 0.3) is 0 Å². The highest BCUT2D eigenvalue weighted by Crippen LogP contribution is 2.57. The van der Waals surface area contributed by atoms with Crippen molar-refractivity contribution in [1.82, 2.24) is 15.5 Å². The number of fused-ring (bicyclic) bond motifs is 1. The SMILES string of the molecule is O=C1CCC(N2Cc3c(ccc(F)c3N(CCC3CC3)C3CCC(NCC4(C(F)(F)F)CC4)CC3)C2=O)C(=O)N1. The van der Waals surface area contributed by atoms with E-state index in [1.807, 2.05) is 0 Å². The number of nitrogens with one attached hydrogen (secondary N) is 2. The van der Waals surface area contributed by atoms with E-state index in [-0.39, 0.29) is 62.7 Å². The Hall–Kier alpha value is -2.69. The molecule has 218 valence electrons. The summed E-state index contributed by atoms with van der Waals surface area (Å²) in [5.74, 6) is -0.999. The lowest BCUT2D eigenvalue weighted by atomic mass is 9.88. The van der Waals surface area contributed by atoms with Crippen LogP contribution >= 0.6 is 0 Å². The number of alkyl halides is 3. The van der Waals surface area contributed by atoms with Crippen molar-refractivity contribution < 1.29 is 31.9 Å². The maximum Gasteiger partial charge on any atom is 0.395 e. The van der Waals surface area contributed by atoms with E-state index in [0.717, 1.165) is 32.1 Å². The third-order valence-electron chi connectivity index (χ3n) is 9.72. The number of halogens is 4. The van der Waals surface area contributed by atoms with Crippen molar-refractivity contribution in [1.29, 1.82) is 0 Å². The summed E-state index contributed by atoms with van der Waals surface area (Å²) in [4.78, 5) is 41.1. The van der Waals surface area contributed by atoms with Gasteiger partial charge in [-0.25, -0.2) is 4.39 Å². The van der Waals surface area contributed by atoms with Crippen molar-refractivity contribution in [3.63, 3.8) is 0 Å². The van der Waals surface area contributed by atoms with E-state index in [1.54, 1.807) is 0 Å². The number of carbonyl (C=O) groups excluding carboxylic acids is 3. The molecule has 0 spiro atoms. The molecule has 7 nitrogen and oxygen atoms in total. The molecule has 2 N–H and O–H groups in total. The lowest BCUT2D eigenvalue weighted by molar-refractivity contribution is -0.186. The third-order valence-corrected chi connectivity index (χ3v) is 9.72. The molecule has 3 amide bonds. The minimum atomic E-state index is -4.18. The molecule has 1 saturated heterocycles. The first-order valence-corrected chi connectivity index (χ1v) is 14.6. The van der Waals surface area contributed by atoms with Crippen molar-refractivity contribution in [2.75, 3.05) is 18.0 Å². The lowest BCUT2D eigenvalue weighted by Gasteiger charge is -2.40. The van der Waals surface area contributed by atoms with E-state index in [9.17, 15) is 27.6 Å². The second-order valence-electron chi connectivity index (χ2n) is 12.4. The second kappa shape index (κ2) is 10.3. The molecule has 40 heavy (non-hydrogen) atoms. The number of nitrogens with zero attached hydrogens (tertiary/aromatic N) is 2. The highest BCUT2D eigenvalue weighted by molar-refractivity contribution is 6.06. The largest absolute Gasteiger partial charge is 0.395 e. The molecule has 2 aliphatic heterocycles. The van der Waals surface area contributed by atoms with E-state index in [2.05, 4.69) is 15.5 Å². The first kappa shape index (κ1) is 27.5. The molecule has 0 bridgehead atoms. The molecule has 11 heteroatoms. The number of anilines is 1. The van der Waals surface area contributed by atoms with Crippen LogP contribution in [-0.2, 0) is 16.1 Å². The van der Waals surface area contributed by atoms with Crippen LogP contribution in [0.1, 0.15) is 86.6 Å². The molecule has 3 aliphatic carbocycles. The fourth-order valence-electron chi connectivity index (χ4n) is 6.75. The van der Waals surface area contributed by atoms with E-state index in [1.165, 1.54) is 17.0 Å². The van der Waals surface area contributed by atoms with Crippen molar-refractivity contribution in [2.45, 2.75) is 101 Å². The zero-order chi connectivity index (χ0) is 28.2. The summed E-state index contributed by atoms with van der Waals surface area (Å²) in [6.45, 7) is 0.699. The van der Waals surface area contributed by atoms with Gasteiger partial charge in [0.15, 0.2) is 0 Å². The molecule has 0 radical (unpaired) electrons. The van der Waals surface area contributed by atoms with Gasteiger partial charge in [0, 0.05) is 49.3 Å². The third kappa shape index (κ3) is 5.21. The summed E-state index contributed by atoms with van der Waals surface area (Å²) in [5.41, 5.74) is -0.206. The summed E-state index contributed by atoms with van der Waals surface area (Å²) >= 11 is 0. The van der Waals surface area contributed by atoms with Gasteiger partial charge in [-0.15, -0.1) is 0 Å². The van der Waals surface area contributed by atoms with Crippen LogP contribution in [0, 0.1) is 17.2 Å². The van der Waals surface area contributed by atoms with Crippen LogP contribution in [-0.4, -0.2) is 60.0 Å². The monoisotopic (exact) mass is 564 g/mol. The average Bonchev–Trinajstić information content (AvgIpc) is 3.83. The molecule has 3 saturated carbocycles. The number of amides is 3. The smallest absolute Gasteiger partial charge is 0.366 e. The fourth-order valence-corrected chi connectivity index (χ4v) is 6.75. The highest BCUT2D eigenvalue weighted by Gasteiger charge is 2.62. The number of hydrogen-bond donors (Lipinski definition) is 2. The van der Waals surface area contributed by atoms with Crippen LogP contribution in [0.15, 0.2) is 12.1 Å². The zero-order valence-electron chi connectivity index (χ0n) is 22.5. The maximum absolute atomic E-state index is 15.6. The Labute approximate surface area is 231 Å². The minimum Gasteiger partial charge on any atom is -0.366 e. The predicted molar refractivity (Wildman–Crippen MR) is 139 cm³/mol. The molecule has 6 rings (SSSR count). The molecule has 1 atom stereocenters. The Kier molecular flexibility index (Phi) is 7.07. The Balaban J connectivity index is 1.19. The van der Waals surface area contributed by atoms with Crippen LogP contribution < -0.4 is 15.5 Å². The molecule has 5 aliphatic rings. The molecule has 1 aromatic rings. The first-order chi connectivity index (χ1) is 19.1. The normalized spacial score (nSPS) is 27.9. The predicted octanol–water partition coefficient (Wildman–Crippen LogP) is 4.44. The molecular weight excluding hydrogens is 528 g/mol. The van der Waals surface area contributed by atoms with E-state index < -0.39 is 29.4 Å². The van der Waals surface area contributed by atoms with Gasteiger partial charge in [0.1, 0.15) is 11.9 Å². The highest BCUT2D eigenvalue weighted by atomic mass is 19.4. The summed E-state index contributed by atoms with van der Waals surface area (Å²) in [6, 6.07) is 2.04. The number of rotatable bonds is 9. The van der Waals surface area contributed by atoms with Crippen LogP contribution in [0.4, 0.5) is 23.2 Å². The Morgan fingerprint density at radius 2 is 1.75 bits per heavy atom. The lowest BCUT2D eigenvalue weighted by Crippen LogP contribution is -2.52. The van der Waals surface area contributed by atoms with Gasteiger partial charge in [-0.05, 0) is 69.4 Å². The van der Waals surface area contributed by atoms with Gasteiger partial charge in [-0.2, -0.15) is 13.2 Å². The summed E-state index contributed by atoms with van der Waals surface area (Å²) < 4.78 is 55.8. The number of carbonyl (C=O) groups is 3. The summed E-state index contributed by atoms with van der Waals surface area (Å²) in [7, 11) is 0. The Morgan fingerprint density at radius 3 is 2.38 bits per heavy atom. The van der Waals surface area contributed by atoms with Gasteiger partial charge in [-0.3, -0.25) is 19.7 Å². The van der Waals surface area contributed by atoms with Gasteiger partial charge < -0.3 is 15.1 Å². The summed E-state index contributed by atoms with van der Waals surface area (Å²) in [6.07, 6.45) is 2.64. The number of piperidine rings is 1. The van der Waals surface area contributed by atoms with Gasteiger partial charge in [0.2, 0.25) is 11.8 Å². The fraction of sp³-hybridized carbons (Fsp3) is 0.690. The van der Waals surface area contributed by atoms with Crippen LogP contribution in [0.5, 0.6) is 0 Å². The Morgan fingerprint density at radius 1 is 1.02 bits per heavy atom. The molecule has 0 aromatic heterocycles. The molecule has 1 aromatic carbocycles. The topological polar surface area (TPSA) is 81.8 Å². The van der Waals surface area contributed by atoms with Crippen LogP contribution in [0.2, 0.25) is 0 Å². The average molecular weight is 565 g/mol. The summed E-state index contributed by atoms with van der Waals surface area (Å²) in [5, 5.41) is 5.48. The van der Waals surface area contributed by atoms with Crippen molar-refractivity contribution in [3.05, 3.63) is 29.1 Å². The molecule has 1 unspecified atom stereocenters. The van der Waals surface area contributed by atoms with E-state index >= 15 is 4.39 Å². The zero-order valence-corrected chi connectivity index (χ0v) is 22.5. The van der Waals surface area contributed by atoms with Crippen molar-refractivity contribution in [3.8, 4) is 0 Å². The van der Waals surface area contributed by atoms with Gasteiger partial charge >= 0.3 is 6.18 Å². The van der Waals surface area contributed by atoms with Crippen molar-refractivity contribution in [2.24, 2.45) is 11.3 Å². The quantitative estimate of drug-likeness (QED) is 0.343. The standard InChI is InChI=1S/C29H36F4N4O3/c30-22-8-7-20-21(15-37(27(20)40)23-9-10-24(38)35-26(23)39)25(22)36(14-11-17-1-2-17)19-5-3-18(4-6-19)34-16-28(12-13-28)29(31,32)33/h7-8,17-19,23,34H,1-6,9-16H2,(H,35,38,39). The van der Waals surface area contributed by atoms with Crippen molar-refractivity contribution >= 4 is 23.4 Å². The molecule has 4 fully saturated rings. The Bertz CT molecular complexity index is 1190. The van der Waals surface area contributed by atoms with Gasteiger partial charge in [0.05, 0.1) is 11.1 Å². The van der Waals surface area contributed by atoms with Crippen LogP contribution in [0.3, 0.4) is 0 Å². The molecule has 2 heterocycles. The number of imide groups is 1. The van der Waals surface area contributed by atoms with E-state index in [4.69, 9.17) is 0 Å². The van der Waals surface area contributed by atoms with Gasteiger partial charge in [-0.1, -0.05) is 12.8 Å². The number of hydrogen-bond acceptors (Lipinski definition) is 5.